The highest BCUT2D eigenvalue weighted by Crippen LogP contribution is 2.28. The van der Waals surface area contributed by atoms with Gasteiger partial charge in [0.25, 0.3) is 0 Å². The Kier molecular flexibility index (Phi) is 5.42. The van der Waals surface area contributed by atoms with Crippen molar-refractivity contribution in [2.45, 2.75) is 57.4 Å². The normalized spacial score (nSPS) is 19.4. The van der Waals surface area contributed by atoms with E-state index in [2.05, 4.69) is 10.4 Å². The quantitative estimate of drug-likeness (QED) is 0.605. The Morgan fingerprint density at radius 3 is 2.88 bits per heavy atom. The van der Waals surface area contributed by atoms with Crippen LogP contribution in [0.25, 0.3) is 0 Å². The number of hydrogen-bond acceptors (Lipinski definition) is 4. The van der Waals surface area contributed by atoms with Crippen molar-refractivity contribution >= 4 is 11.3 Å². The molecule has 0 spiro atoms. The van der Waals surface area contributed by atoms with Crippen LogP contribution in [0.4, 0.5) is 0 Å². The smallest absolute Gasteiger partial charge is 0.0940 e. The summed E-state index contributed by atoms with van der Waals surface area (Å²) in [5, 5.41) is 3.22. The van der Waals surface area contributed by atoms with Gasteiger partial charge in [-0.25, -0.2) is 4.98 Å². The number of nitrogens with one attached hydrogen (secondary N) is 1. The molecule has 17 heavy (non-hydrogen) atoms. The summed E-state index contributed by atoms with van der Waals surface area (Å²) in [5.74, 6) is 6.57. The second kappa shape index (κ2) is 7.09. The minimum atomic E-state index is 0.392. The third kappa shape index (κ3) is 4.37. The summed E-state index contributed by atoms with van der Waals surface area (Å²) in [6.45, 7) is 0. The van der Waals surface area contributed by atoms with E-state index in [1.807, 2.05) is 11.6 Å². The maximum atomic E-state index is 5.63. The average Bonchev–Trinajstić information content (AvgIpc) is 2.88. The molecule has 1 heterocycles. The van der Waals surface area contributed by atoms with Gasteiger partial charge in [0.15, 0.2) is 0 Å². The second-order valence-corrected chi connectivity index (χ2v) is 6.05. The standard InChI is InChI=1S/C13H23N3S/c14-16-12(10-13-15-8-9-17-13)7-6-11-4-2-1-3-5-11/h8-9,11-12,16H,1-7,10,14H2. The highest BCUT2D eigenvalue weighted by molar-refractivity contribution is 7.09. The van der Waals surface area contributed by atoms with Crippen molar-refractivity contribution in [1.29, 1.82) is 0 Å². The molecule has 3 N–H and O–H groups in total. The van der Waals surface area contributed by atoms with Crippen LogP contribution in [0.1, 0.15) is 50.0 Å². The van der Waals surface area contributed by atoms with Gasteiger partial charge in [-0.2, -0.15) is 0 Å². The molecule has 1 aromatic rings. The van der Waals surface area contributed by atoms with Crippen molar-refractivity contribution in [3.05, 3.63) is 16.6 Å². The van der Waals surface area contributed by atoms with Crippen LogP contribution >= 0.6 is 11.3 Å². The third-order valence-corrected chi connectivity index (χ3v) is 4.59. The molecule has 1 aromatic heterocycles. The van der Waals surface area contributed by atoms with Gasteiger partial charge in [-0.1, -0.05) is 32.1 Å². The van der Waals surface area contributed by atoms with Gasteiger partial charge in [-0.3, -0.25) is 11.3 Å². The molecular formula is C13H23N3S. The van der Waals surface area contributed by atoms with Crippen molar-refractivity contribution in [3.8, 4) is 0 Å². The van der Waals surface area contributed by atoms with Crippen LogP contribution in [0.3, 0.4) is 0 Å². The first kappa shape index (κ1) is 13.0. The van der Waals surface area contributed by atoms with Crippen LogP contribution < -0.4 is 11.3 Å². The fourth-order valence-electron chi connectivity index (χ4n) is 2.72. The van der Waals surface area contributed by atoms with Crippen molar-refractivity contribution in [3.63, 3.8) is 0 Å². The largest absolute Gasteiger partial charge is 0.271 e. The Bertz CT molecular complexity index is 294. The van der Waals surface area contributed by atoms with E-state index in [4.69, 9.17) is 5.84 Å². The monoisotopic (exact) mass is 253 g/mol. The highest BCUT2D eigenvalue weighted by atomic mass is 32.1. The number of aromatic nitrogens is 1. The highest BCUT2D eigenvalue weighted by Gasteiger charge is 2.16. The van der Waals surface area contributed by atoms with Gasteiger partial charge < -0.3 is 0 Å². The molecule has 2 rings (SSSR count). The predicted molar refractivity (Wildman–Crippen MR) is 72.7 cm³/mol. The number of hydrazine groups is 1. The minimum absolute atomic E-state index is 0.392. The third-order valence-electron chi connectivity index (χ3n) is 3.79. The Morgan fingerprint density at radius 1 is 1.41 bits per heavy atom. The van der Waals surface area contributed by atoms with Crippen LogP contribution in [0.2, 0.25) is 0 Å². The molecule has 3 nitrogen and oxygen atoms in total. The summed E-state index contributed by atoms with van der Waals surface area (Å²) >= 11 is 1.72. The maximum absolute atomic E-state index is 5.63. The summed E-state index contributed by atoms with van der Waals surface area (Å²) < 4.78 is 0. The minimum Gasteiger partial charge on any atom is -0.271 e. The molecule has 4 heteroatoms. The first-order valence-corrected chi connectivity index (χ1v) is 7.61. The fraction of sp³-hybridized carbons (Fsp3) is 0.769. The van der Waals surface area contributed by atoms with Crippen LogP contribution in [-0.4, -0.2) is 11.0 Å². The molecule has 1 aliphatic carbocycles. The van der Waals surface area contributed by atoms with Crippen molar-refractivity contribution in [2.75, 3.05) is 0 Å². The van der Waals surface area contributed by atoms with Crippen molar-refractivity contribution in [1.82, 2.24) is 10.4 Å². The van der Waals surface area contributed by atoms with Gasteiger partial charge in [-0.15, -0.1) is 11.3 Å². The number of nitrogens with two attached hydrogens (primary N) is 1. The summed E-state index contributed by atoms with van der Waals surface area (Å²) in [4.78, 5) is 4.32. The van der Waals surface area contributed by atoms with Gasteiger partial charge in [0, 0.05) is 24.0 Å². The van der Waals surface area contributed by atoms with E-state index >= 15 is 0 Å². The molecule has 1 aliphatic rings. The lowest BCUT2D eigenvalue weighted by molar-refractivity contribution is 0.313. The zero-order chi connectivity index (χ0) is 11.9. The molecule has 0 amide bonds. The van der Waals surface area contributed by atoms with E-state index in [0.717, 1.165) is 12.3 Å². The van der Waals surface area contributed by atoms with Gasteiger partial charge in [-0.05, 0) is 18.8 Å². The molecule has 96 valence electrons. The summed E-state index contributed by atoms with van der Waals surface area (Å²) in [6.07, 6.45) is 12.5. The predicted octanol–water partition coefficient (Wildman–Crippen LogP) is 2.88. The molecule has 1 fully saturated rings. The summed E-state index contributed by atoms with van der Waals surface area (Å²) in [5.41, 5.74) is 2.95. The molecule has 0 aliphatic heterocycles. The van der Waals surface area contributed by atoms with Gasteiger partial charge >= 0.3 is 0 Å². The van der Waals surface area contributed by atoms with Gasteiger partial charge in [0.1, 0.15) is 0 Å². The van der Waals surface area contributed by atoms with E-state index in [0.29, 0.717) is 6.04 Å². The lowest BCUT2D eigenvalue weighted by atomic mass is 9.85. The molecule has 1 unspecified atom stereocenters. The second-order valence-electron chi connectivity index (χ2n) is 5.07. The lowest BCUT2D eigenvalue weighted by Gasteiger charge is -2.23. The zero-order valence-electron chi connectivity index (χ0n) is 10.4. The number of hydrogen-bond donors (Lipinski definition) is 2. The number of thiazole rings is 1. The Hall–Kier alpha value is -0.450. The first-order valence-electron chi connectivity index (χ1n) is 6.73. The number of rotatable bonds is 6. The molecule has 0 radical (unpaired) electrons. The number of nitrogens with zero attached hydrogens (tertiary/aromatic N) is 1. The summed E-state index contributed by atoms with van der Waals surface area (Å²) in [7, 11) is 0. The van der Waals surface area contributed by atoms with Crippen molar-refractivity contribution in [2.24, 2.45) is 11.8 Å². The zero-order valence-corrected chi connectivity index (χ0v) is 11.2. The Morgan fingerprint density at radius 2 is 2.24 bits per heavy atom. The van der Waals surface area contributed by atoms with E-state index in [1.54, 1.807) is 11.3 Å². The molecule has 1 atom stereocenters. The van der Waals surface area contributed by atoms with Gasteiger partial charge in [0.2, 0.25) is 0 Å². The Labute approximate surface area is 108 Å². The van der Waals surface area contributed by atoms with Crippen LogP contribution in [0, 0.1) is 5.92 Å². The topological polar surface area (TPSA) is 50.9 Å². The van der Waals surface area contributed by atoms with E-state index in [1.165, 1.54) is 50.0 Å². The molecule has 0 bridgehead atoms. The SMILES string of the molecule is NNC(CCC1CCCCC1)Cc1nccs1. The fourth-order valence-corrected chi connectivity index (χ4v) is 3.42. The lowest BCUT2D eigenvalue weighted by Crippen LogP contribution is -2.37. The van der Waals surface area contributed by atoms with E-state index < -0.39 is 0 Å². The molecule has 1 saturated carbocycles. The summed E-state index contributed by atoms with van der Waals surface area (Å²) in [6, 6.07) is 0.392. The van der Waals surface area contributed by atoms with Crippen molar-refractivity contribution < 1.29 is 0 Å². The van der Waals surface area contributed by atoms with Gasteiger partial charge in [0.05, 0.1) is 5.01 Å². The molecule has 0 saturated heterocycles. The van der Waals surface area contributed by atoms with Crippen LogP contribution in [0.5, 0.6) is 0 Å². The first-order chi connectivity index (χ1) is 8.38. The van der Waals surface area contributed by atoms with Crippen LogP contribution in [-0.2, 0) is 6.42 Å². The van der Waals surface area contributed by atoms with E-state index in [9.17, 15) is 0 Å². The maximum Gasteiger partial charge on any atom is 0.0940 e. The van der Waals surface area contributed by atoms with E-state index in [-0.39, 0.29) is 0 Å². The Balaban J connectivity index is 1.71. The average molecular weight is 253 g/mol. The van der Waals surface area contributed by atoms with Crippen LogP contribution in [0.15, 0.2) is 11.6 Å². The molecule has 0 aromatic carbocycles. The molecular weight excluding hydrogens is 230 g/mol.